The third kappa shape index (κ3) is 2.59. The molecule has 2 rings (SSSR count). The summed E-state index contributed by atoms with van der Waals surface area (Å²) in [6, 6.07) is 0.0380. The molecule has 2 heterocycles. The molecule has 0 radical (unpaired) electrons. The number of ether oxygens (including phenoxy) is 2. The predicted octanol–water partition coefficient (Wildman–Crippen LogP) is -0.232. The van der Waals surface area contributed by atoms with E-state index >= 15 is 0 Å². The third-order valence-electron chi connectivity index (χ3n) is 2.41. The maximum absolute atomic E-state index is 11.7. The van der Waals surface area contributed by atoms with Crippen molar-refractivity contribution in [3.63, 3.8) is 0 Å². The van der Waals surface area contributed by atoms with Crippen LogP contribution < -0.4 is 0 Å². The van der Waals surface area contributed by atoms with Crippen LogP contribution in [-0.4, -0.2) is 68.4 Å². The van der Waals surface area contributed by atoms with Gasteiger partial charge in [-0.2, -0.15) is 0 Å². The molecule has 0 spiro atoms. The van der Waals surface area contributed by atoms with Gasteiger partial charge in [-0.15, -0.1) is 0 Å². The van der Waals surface area contributed by atoms with Crippen LogP contribution in [-0.2, 0) is 9.47 Å². The van der Waals surface area contributed by atoms with Crippen LogP contribution in [0, 0.1) is 0 Å². The summed E-state index contributed by atoms with van der Waals surface area (Å²) < 4.78 is 10.1. The fourth-order valence-electron chi connectivity index (χ4n) is 1.41. The lowest BCUT2D eigenvalue weighted by atomic mass is 10.4. The highest BCUT2D eigenvalue weighted by Crippen LogP contribution is 2.13. The number of rotatable bonds is 4. The summed E-state index contributed by atoms with van der Waals surface area (Å²) in [5.41, 5.74) is 0. The van der Waals surface area contributed by atoms with Crippen LogP contribution >= 0.6 is 0 Å². The van der Waals surface area contributed by atoms with Crippen LogP contribution in [0.25, 0.3) is 0 Å². The van der Waals surface area contributed by atoms with E-state index in [1.165, 1.54) is 0 Å². The molecule has 0 saturated carbocycles. The number of hydrogen-bond donors (Lipinski definition) is 0. The summed E-state index contributed by atoms with van der Waals surface area (Å²) in [5.74, 6) is 0. The van der Waals surface area contributed by atoms with Crippen molar-refractivity contribution in [1.82, 2.24) is 9.80 Å². The fraction of sp³-hybridized carbons (Fsp3) is 0.889. The monoisotopic (exact) mass is 200 g/mol. The average molecular weight is 200 g/mol. The van der Waals surface area contributed by atoms with Gasteiger partial charge in [-0.25, -0.2) is 4.79 Å². The van der Waals surface area contributed by atoms with Crippen LogP contribution in [0.2, 0.25) is 0 Å². The molecule has 2 atom stereocenters. The van der Waals surface area contributed by atoms with E-state index in [0.717, 1.165) is 13.2 Å². The van der Waals surface area contributed by atoms with E-state index in [2.05, 4.69) is 0 Å². The second-order valence-electron chi connectivity index (χ2n) is 3.95. The Bertz CT molecular complexity index is 204. The lowest BCUT2D eigenvalue weighted by Gasteiger charge is -2.23. The van der Waals surface area contributed by atoms with E-state index in [4.69, 9.17) is 9.47 Å². The maximum atomic E-state index is 11.7. The molecule has 0 aliphatic carbocycles. The molecule has 5 nitrogen and oxygen atoms in total. The van der Waals surface area contributed by atoms with Crippen molar-refractivity contribution in [1.29, 1.82) is 0 Å². The van der Waals surface area contributed by atoms with Gasteiger partial charge in [0.2, 0.25) is 0 Å². The van der Waals surface area contributed by atoms with E-state index < -0.39 is 0 Å². The molecule has 0 N–H and O–H groups in total. The van der Waals surface area contributed by atoms with Crippen molar-refractivity contribution >= 4 is 6.03 Å². The van der Waals surface area contributed by atoms with Gasteiger partial charge in [-0.05, 0) is 0 Å². The number of likely N-dealkylation sites (N-methyl/N-ethyl adjacent to an activating group) is 2. The van der Waals surface area contributed by atoms with E-state index in [0.29, 0.717) is 13.1 Å². The summed E-state index contributed by atoms with van der Waals surface area (Å²) >= 11 is 0. The number of nitrogens with zero attached hydrogens (tertiary/aromatic N) is 2. The van der Waals surface area contributed by atoms with Gasteiger partial charge in [0.1, 0.15) is 0 Å². The number of hydrogen-bond acceptors (Lipinski definition) is 3. The maximum Gasteiger partial charge on any atom is 0.319 e. The van der Waals surface area contributed by atoms with Crippen molar-refractivity contribution in [2.75, 3.05) is 40.4 Å². The summed E-state index contributed by atoms with van der Waals surface area (Å²) in [7, 11) is 3.60. The Hall–Kier alpha value is -0.810. The Morgan fingerprint density at radius 2 is 1.50 bits per heavy atom. The number of epoxide rings is 2. The molecule has 2 amide bonds. The summed E-state index contributed by atoms with van der Waals surface area (Å²) in [6.07, 6.45) is 0.518. The molecule has 2 unspecified atom stereocenters. The SMILES string of the molecule is CN(CC1CO1)C(=O)N(C)CC1CO1. The first-order chi connectivity index (χ1) is 6.66. The molecule has 0 aromatic heterocycles. The van der Waals surface area contributed by atoms with Crippen LogP contribution in [0.3, 0.4) is 0 Å². The van der Waals surface area contributed by atoms with Gasteiger partial charge in [0.05, 0.1) is 38.5 Å². The molecule has 2 saturated heterocycles. The first-order valence-electron chi connectivity index (χ1n) is 4.86. The topological polar surface area (TPSA) is 48.6 Å². The highest BCUT2D eigenvalue weighted by Gasteiger charge is 2.30. The van der Waals surface area contributed by atoms with Gasteiger partial charge in [-0.3, -0.25) is 0 Å². The number of urea groups is 1. The van der Waals surface area contributed by atoms with Crippen LogP contribution in [0.5, 0.6) is 0 Å². The molecular formula is C9H16N2O3. The molecule has 2 aliphatic rings. The summed E-state index contributed by atoms with van der Waals surface area (Å²) in [5, 5.41) is 0. The zero-order chi connectivity index (χ0) is 10.1. The Kier molecular flexibility index (Phi) is 2.60. The zero-order valence-electron chi connectivity index (χ0n) is 8.60. The summed E-state index contributed by atoms with van der Waals surface area (Å²) in [4.78, 5) is 15.1. The molecule has 14 heavy (non-hydrogen) atoms. The second-order valence-corrected chi connectivity index (χ2v) is 3.95. The first kappa shape index (κ1) is 9.73. The molecule has 0 bridgehead atoms. The lowest BCUT2D eigenvalue weighted by molar-refractivity contribution is 0.165. The predicted molar refractivity (Wildman–Crippen MR) is 50.1 cm³/mol. The highest BCUT2D eigenvalue weighted by atomic mass is 16.6. The van der Waals surface area contributed by atoms with Crippen molar-refractivity contribution in [3.8, 4) is 0 Å². The second kappa shape index (κ2) is 3.74. The molecule has 0 aromatic rings. The van der Waals surface area contributed by atoms with Crippen molar-refractivity contribution in [2.24, 2.45) is 0 Å². The summed E-state index contributed by atoms with van der Waals surface area (Å²) in [6.45, 7) is 2.95. The molecule has 0 aromatic carbocycles. The van der Waals surface area contributed by atoms with E-state index in [-0.39, 0.29) is 18.2 Å². The largest absolute Gasteiger partial charge is 0.371 e. The molecule has 2 fully saturated rings. The number of amides is 2. The minimum Gasteiger partial charge on any atom is -0.371 e. The third-order valence-corrected chi connectivity index (χ3v) is 2.41. The standard InChI is InChI=1S/C9H16N2O3/c1-10(3-7-5-13-7)9(12)11(2)4-8-6-14-8/h7-8H,3-6H2,1-2H3. The Balaban J connectivity index is 1.72. The molecular weight excluding hydrogens is 184 g/mol. The van der Waals surface area contributed by atoms with Gasteiger partial charge in [0.15, 0.2) is 0 Å². The van der Waals surface area contributed by atoms with Gasteiger partial charge < -0.3 is 19.3 Å². The Morgan fingerprint density at radius 3 is 1.79 bits per heavy atom. The van der Waals surface area contributed by atoms with Gasteiger partial charge in [0, 0.05) is 14.1 Å². The van der Waals surface area contributed by atoms with E-state index in [1.54, 1.807) is 23.9 Å². The smallest absolute Gasteiger partial charge is 0.319 e. The quantitative estimate of drug-likeness (QED) is 0.589. The lowest BCUT2D eigenvalue weighted by Crippen LogP contribution is -2.42. The van der Waals surface area contributed by atoms with E-state index in [9.17, 15) is 4.79 Å². The fourth-order valence-corrected chi connectivity index (χ4v) is 1.41. The van der Waals surface area contributed by atoms with Crippen molar-refractivity contribution < 1.29 is 14.3 Å². The molecule has 2 aliphatic heterocycles. The van der Waals surface area contributed by atoms with Gasteiger partial charge >= 0.3 is 6.03 Å². The Labute approximate surface area is 83.6 Å². The van der Waals surface area contributed by atoms with Gasteiger partial charge in [-0.1, -0.05) is 0 Å². The van der Waals surface area contributed by atoms with Crippen molar-refractivity contribution in [3.05, 3.63) is 0 Å². The minimum atomic E-state index is 0.0380. The van der Waals surface area contributed by atoms with Crippen LogP contribution in [0.1, 0.15) is 0 Å². The number of carbonyl (C=O) groups excluding carboxylic acids is 1. The Morgan fingerprint density at radius 1 is 1.14 bits per heavy atom. The van der Waals surface area contributed by atoms with E-state index in [1.807, 2.05) is 0 Å². The van der Waals surface area contributed by atoms with Crippen LogP contribution in [0.4, 0.5) is 4.79 Å². The zero-order valence-corrected chi connectivity index (χ0v) is 8.60. The highest BCUT2D eigenvalue weighted by molar-refractivity contribution is 5.73. The average Bonchev–Trinajstić information content (AvgIpc) is 2.97. The minimum absolute atomic E-state index is 0.0380. The van der Waals surface area contributed by atoms with Crippen molar-refractivity contribution in [2.45, 2.75) is 12.2 Å². The van der Waals surface area contributed by atoms with Crippen LogP contribution in [0.15, 0.2) is 0 Å². The molecule has 80 valence electrons. The van der Waals surface area contributed by atoms with Gasteiger partial charge in [0.25, 0.3) is 0 Å². The number of carbonyl (C=O) groups is 1. The first-order valence-corrected chi connectivity index (χ1v) is 4.86. The molecule has 5 heteroatoms. The normalized spacial score (nSPS) is 28.4.